The Morgan fingerprint density at radius 1 is 1.16 bits per heavy atom. The minimum Gasteiger partial charge on any atom is -0.388 e. The van der Waals surface area contributed by atoms with Gasteiger partial charge in [0.1, 0.15) is 6.54 Å². The van der Waals surface area contributed by atoms with Crippen LogP contribution in [0.1, 0.15) is 11.1 Å². The van der Waals surface area contributed by atoms with Crippen LogP contribution in [0, 0.1) is 13.8 Å². The van der Waals surface area contributed by atoms with Crippen LogP contribution in [-0.4, -0.2) is 28.2 Å². The second-order valence-corrected chi connectivity index (χ2v) is 5.83. The smallest absolute Gasteiger partial charge is 0.388 e. The number of anilines is 1. The molecule has 0 unspecified atom stereocenters. The molecule has 4 nitrogen and oxygen atoms in total. The summed E-state index contributed by atoms with van der Waals surface area (Å²) in [7, 11) is -2.51. The predicted octanol–water partition coefficient (Wildman–Crippen LogP) is 2.19. The minimum absolute atomic E-state index is 0.115. The van der Waals surface area contributed by atoms with Gasteiger partial charge in [0.25, 0.3) is 0 Å². The van der Waals surface area contributed by atoms with Gasteiger partial charge in [-0.15, -0.1) is 0 Å². The normalized spacial score (nSPS) is 12.5. The number of halogens is 3. The van der Waals surface area contributed by atoms with Crippen molar-refractivity contribution in [2.45, 2.75) is 24.9 Å². The molecule has 0 bridgehead atoms. The first-order valence-electron chi connectivity index (χ1n) is 5.42. The third-order valence-corrected chi connectivity index (χ3v) is 4.19. The Morgan fingerprint density at radius 2 is 1.63 bits per heavy atom. The molecule has 0 aromatic heterocycles. The molecule has 19 heavy (non-hydrogen) atoms. The predicted molar refractivity (Wildman–Crippen MR) is 66.7 cm³/mol. The lowest BCUT2D eigenvalue weighted by atomic mass is 10.1. The van der Waals surface area contributed by atoms with Gasteiger partial charge < -0.3 is 5.32 Å². The molecule has 0 aliphatic heterocycles. The topological polar surface area (TPSA) is 58.2 Å². The van der Waals surface area contributed by atoms with Crippen molar-refractivity contribution in [3.05, 3.63) is 23.3 Å². The maximum absolute atomic E-state index is 12.1. The largest absolute Gasteiger partial charge is 0.402 e. The highest BCUT2D eigenvalue weighted by Gasteiger charge is 2.31. The maximum Gasteiger partial charge on any atom is 0.402 e. The number of hydrogen-bond donors (Lipinski definition) is 2. The fourth-order valence-corrected chi connectivity index (χ4v) is 3.23. The molecule has 0 atom stereocenters. The van der Waals surface area contributed by atoms with Gasteiger partial charge >= 0.3 is 6.18 Å². The van der Waals surface area contributed by atoms with Crippen LogP contribution in [-0.2, 0) is 10.0 Å². The van der Waals surface area contributed by atoms with Gasteiger partial charge in [-0.25, -0.2) is 13.1 Å². The van der Waals surface area contributed by atoms with Crippen molar-refractivity contribution in [3.8, 4) is 0 Å². The van der Waals surface area contributed by atoms with Crippen molar-refractivity contribution in [1.29, 1.82) is 0 Å². The molecule has 1 aromatic rings. The van der Waals surface area contributed by atoms with E-state index in [4.69, 9.17) is 0 Å². The average molecular weight is 296 g/mol. The van der Waals surface area contributed by atoms with E-state index in [1.54, 1.807) is 23.9 Å². The SMILES string of the molecule is CNc1cc(C)c(S(=O)(=O)NCC(F)(F)F)c(C)c1. The van der Waals surface area contributed by atoms with Gasteiger partial charge in [-0.3, -0.25) is 0 Å². The summed E-state index contributed by atoms with van der Waals surface area (Å²) in [6.07, 6.45) is -4.58. The number of hydrogen-bond acceptors (Lipinski definition) is 3. The van der Waals surface area contributed by atoms with Gasteiger partial charge in [-0.1, -0.05) is 0 Å². The molecule has 0 heterocycles. The lowest BCUT2D eigenvalue weighted by Gasteiger charge is -2.14. The number of alkyl halides is 3. The monoisotopic (exact) mass is 296 g/mol. The maximum atomic E-state index is 12.1. The van der Waals surface area contributed by atoms with E-state index >= 15 is 0 Å². The van der Waals surface area contributed by atoms with E-state index in [0.29, 0.717) is 16.8 Å². The fraction of sp³-hybridized carbons (Fsp3) is 0.455. The average Bonchev–Trinajstić information content (AvgIpc) is 2.24. The summed E-state index contributed by atoms with van der Waals surface area (Å²) in [6.45, 7) is 1.49. The Labute approximate surface area is 110 Å². The molecule has 0 fully saturated rings. The summed E-state index contributed by atoms with van der Waals surface area (Å²) >= 11 is 0. The standard InChI is InChI=1S/C11H15F3N2O2S/c1-7-4-9(15-3)5-8(2)10(7)19(17,18)16-6-11(12,13)14/h4-5,15-16H,6H2,1-3H3. The van der Waals surface area contributed by atoms with E-state index in [0.717, 1.165) is 0 Å². The van der Waals surface area contributed by atoms with E-state index in [9.17, 15) is 21.6 Å². The molecule has 0 spiro atoms. The van der Waals surface area contributed by atoms with Crippen molar-refractivity contribution < 1.29 is 21.6 Å². The summed E-state index contributed by atoms with van der Waals surface area (Å²) in [4.78, 5) is -0.115. The minimum atomic E-state index is -4.58. The Balaban J connectivity index is 3.15. The van der Waals surface area contributed by atoms with E-state index < -0.39 is 22.7 Å². The van der Waals surface area contributed by atoms with Gasteiger partial charge in [0.15, 0.2) is 0 Å². The molecule has 8 heteroatoms. The van der Waals surface area contributed by atoms with E-state index in [1.165, 1.54) is 13.8 Å². The number of sulfonamides is 1. The van der Waals surface area contributed by atoms with Gasteiger partial charge in [-0.05, 0) is 37.1 Å². The van der Waals surface area contributed by atoms with Crippen molar-refractivity contribution in [2.75, 3.05) is 18.9 Å². The third kappa shape index (κ3) is 4.10. The molecule has 0 aliphatic rings. The first-order valence-corrected chi connectivity index (χ1v) is 6.90. The van der Waals surface area contributed by atoms with Gasteiger partial charge in [0, 0.05) is 12.7 Å². The molecule has 0 aliphatic carbocycles. The van der Waals surface area contributed by atoms with Crippen LogP contribution in [0.4, 0.5) is 18.9 Å². The van der Waals surface area contributed by atoms with Crippen LogP contribution < -0.4 is 10.0 Å². The lowest BCUT2D eigenvalue weighted by molar-refractivity contribution is -0.121. The summed E-state index contributed by atoms with van der Waals surface area (Å²) in [5.41, 5.74) is 1.47. The van der Waals surface area contributed by atoms with Crippen LogP contribution in [0.5, 0.6) is 0 Å². The Hall–Kier alpha value is -1.28. The van der Waals surface area contributed by atoms with Crippen molar-refractivity contribution in [3.63, 3.8) is 0 Å². The van der Waals surface area contributed by atoms with Crippen molar-refractivity contribution in [1.82, 2.24) is 4.72 Å². The molecule has 2 N–H and O–H groups in total. The molecular formula is C11H15F3N2O2S. The lowest BCUT2D eigenvalue weighted by Crippen LogP contribution is -2.34. The van der Waals surface area contributed by atoms with E-state index in [2.05, 4.69) is 5.32 Å². The summed E-state index contributed by atoms with van der Waals surface area (Å²) in [5.74, 6) is 0. The number of nitrogens with one attached hydrogen (secondary N) is 2. The summed E-state index contributed by atoms with van der Waals surface area (Å²) in [5, 5.41) is 2.85. The van der Waals surface area contributed by atoms with E-state index in [1.807, 2.05) is 0 Å². The molecular weight excluding hydrogens is 281 g/mol. The van der Waals surface area contributed by atoms with Gasteiger partial charge in [0.05, 0.1) is 4.90 Å². The number of benzene rings is 1. The zero-order chi connectivity index (χ0) is 14.8. The van der Waals surface area contributed by atoms with Gasteiger partial charge in [-0.2, -0.15) is 13.2 Å². The van der Waals surface area contributed by atoms with Crippen molar-refractivity contribution >= 4 is 15.7 Å². The molecule has 0 radical (unpaired) electrons. The fourth-order valence-electron chi connectivity index (χ4n) is 1.77. The molecule has 1 rings (SSSR count). The highest BCUT2D eigenvalue weighted by molar-refractivity contribution is 7.89. The number of rotatable bonds is 4. The Bertz CT molecular complexity index is 545. The van der Waals surface area contributed by atoms with Crippen LogP contribution in [0.15, 0.2) is 17.0 Å². The number of aryl methyl sites for hydroxylation is 2. The van der Waals surface area contributed by atoms with Crippen LogP contribution in [0.2, 0.25) is 0 Å². The van der Waals surface area contributed by atoms with Gasteiger partial charge in [0.2, 0.25) is 10.0 Å². The molecule has 1 aromatic carbocycles. The van der Waals surface area contributed by atoms with Crippen molar-refractivity contribution in [2.24, 2.45) is 0 Å². The molecule has 0 saturated heterocycles. The highest BCUT2D eigenvalue weighted by Crippen LogP contribution is 2.24. The van der Waals surface area contributed by atoms with Crippen LogP contribution in [0.3, 0.4) is 0 Å². The second kappa shape index (κ2) is 5.38. The Kier molecular flexibility index (Phi) is 4.46. The second-order valence-electron chi connectivity index (χ2n) is 4.13. The first-order chi connectivity index (χ1) is 8.57. The zero-order valence-corrected chi connectivity index (χ0v) is 11.5. The summed E-state index contributed by atoms with van der Waals surface area (Å²) < 4.78 is 61.6. The summed E-state index contributed by atoms with van der Waals surface area (Å²) in [6, 6.07) is 3.13. The van der Waals surface area contributed by atoms with E-state index in [-0.39, 0.29) is 4.90 Å². The Morgan fingerprint density at radius 3 is 2.00 bits per heavy atom. The first kappa shape index (κ1) is 15.8. The molecule has 0 saturated carbocycles. The van der Waals surface area contributed by atoms with Crippen LogP contribution in [0.25, 0.3) is 0 Å². The zero-order valence-electron chi connectivity index (χ0n) is 10.7. The highest BCUT2D eigenvalue weighted by atomic mass is 32.2. The quantitative estimate of drug-likeness (QED) is 0.895. The van der Waals surface area contributed by atoms with Crippen LogP contribution >= 0.6 is 0 Å². The third-order valence-electron chi connectivity index (χ3n) is 2.48. The molecule has 0 amide bonds. The molecule has 108 valence electrons.